The largest absolute Gasteiger partial charge is 0.490 e. The normalized spacial score (nSPS) is 14.0. The molecular weight excluding hydrogens is 479 g/mol. The third-order valence-corrected chi connectivity index (χ3v) is 6.28. The Labute approximate surface area is 222 Å². The molecule has 0 spiro atoms. The molecule has 6 heteroatoms. The van der Waals surface area contributed by atoms with Crippen molar-refractivity contribution in [3.8, 4) is 11.5 Å². The van der Waals surface area contributed by atoms with E-state index in [4.69, 9.17) is 9.47 Å². The van der Waals surface area contributed by atoms with Gasteiger partial charge in [-0.05, 0) is 57.0 Å². The van der Waals surface area contributed by atoms with E-state index >= 15 is 0 Å². The molecule has 1 fully saturated rings. The minimum Gasteiger partial charge on any atom is -0.490 e. The maximum Gasteiger partial charge on any atom is 0.166 e. The Hall–Kier alpha value is -2.24. The third-order valence-electron chi connectivity index (χ3n) is 6.28. The van der Waals surface area contributed by atoms with Gasteiger partial charge >= 0.3 is 0 Å². The van der Waals surface area contributed by atoms with Crippen LogP contribution in [0.5, 0.6) is 11.5 Å². The van der Waals surface area contributed by atoms with Gasteiger partial charge in [0.1, 0.15) is 6.61 Å². The van der Waals surface area contributed by atoms with Crippen LogP contribution in [0.1, 0.15) is 42.0 Å². The van der Waals surface area contributed by atoms with Crippen molar-refractivity contribution in [2.45, 2.75) is 52.4 Å². The summed E-state index contributed by atoms with van der Waals surface area (Å²) in [4.78, 5) is 2.55. The number of para-hydroxylation sites is 1. The molecule has 0 radical (unpaired) electrons. The zero-order chi connectivity index (χ0) is 22.9. The number of ether oxygens (including phenoxy) is 2. The van der Waals surface area contributed by atoms with Crippen molar-refractivity contribution >= 4 is 24.8 Å². The number of rotatable bonds is 10. The quantitative estimate of drug-likeness (QED) is 0.330. The maximum atomic E-state index is 6.30. The molecule has 0 bridgehead atoms. The van der Waals surface area contributed by atoms with Gasteiger partial charge in [-0.25, -0.2) is 0 Å². The van der Waals surface area contributed by atoms with E-state index in [0.717, 1.165) is 61.6 Å². The second-order valence-corrected chi connectivity index (χ2v) is 8.87. The lowest BCUT2D eigenvalue weighted by atomic mass is 10.0. The molecule has 4 rings (SSSR count). The van der Waals surface area contributed by atoms with Crippen molar-refractivity contribution in [1.82, 2.24) is 10.2 Å². The molecule has 0 amide bonds. The van der Waals surface area contributed by atoms with E-state index in [-0.39, 0.29) is 24.8 Å². The molecule has 3 aromatic rings. The summed E-state index contributed by atoms with van der Waals surface area (Å²) in [6.45, 7) is 9.36. The third kappa shape index (κ3) is 8.73. The number of nitrogens with one attached hydrogen (secondary N) is 1. The van der Waals surface area contributed by atoms with E-state index in [1.54, 1.807) is 0 Å². The number of halogens is 2. The predicted octanol–water partition coefficient (Wildman–Crippen LogP) is 6.57. The average molecular weight is 518 g/mol. The molecule has 1 aliphatic heterocycles. The second kappa shape index (κ2) is 15.0. The van der Waals surface area contributed by atoms with Crippen LogP contribution in [0.15, 0.2) is 72.8 Å². The van der Waals surface area contributed by atoms with E-state index in [9.17, 15) is 0 Å². The lowest BCUT2D eigenvalue weighted by Gasteiger charge is -2.32. The topological polar surface area (TPSA) is 33.7 Å². The van der Waals surface area contributed by atoms with Gasteiger partial charge < -0.3 is 14.8 Å². The highest BCUT2D eigenvalue weighted by Gasteiger charge is 2.20. The van der Waals surface area contributed by atoms with Crippen molar-refractivity contribution in [3.05, 3.63) is 95.1 Å². The molecule has 0 saturated carbocycles. The first kappa shape index (κ1) is 29.0. The first-order valence-electron chi connectivity index (χ1n) is 12.1. The van der Waals surface area contributed by atoms with E-state index < -0.39 is 0 Å². The van der Waals surface area contributed by atoms with Gasteiger partial charge in [0, 0.05) is 24.7 Å². The van der Waals surface area contributed by atoms with Crippen LogP contribution in [0.3, 0.4) is 0 Å². The number of benzene rings is 3. The summed E-state index contributed by atoms with van der Waals surface area (Å²) < 4.78 is 12.2. The summed E-state index contributed by atoms with van der Waals surface area (Å²) in [6, 6.07) is 26.0. The van der Waals surface area contributed by atoms with E-state index in [2.05, 4.69) is 83.9 Å². The molecule has 0 aromatic heterocycles. The Balaban J connectivity index is 0.00000216. The number of hydrogen-bond donors (Lipinski definition) is 1. The predicted molar refractivity (Wildman–Crippen MR) is 149 cm³/mol. The van der Waals surface area contributed by atoms with Gasteiger partial charge in [0.15, 0.2) is 11.5 Å². The fourth-order valence-corrected chi connectivity index (χ4v) is 4.36. The first-order chi connectivity index (χ1) is 16.2. The summed E-state index contributed by atoms with van der Waals surface area (Å²) in [5.74, 6) is 1.68. The average Bonchev–Trinajstić information content (AvgIpc) is 2.85. The zero-order valence-corrected chi connectivity index (χ0v) is 22.4. The highest BCUT2D eigenvalue weighted by Crippen LogP contribution is 2.32. The zero-order valence-electron chi connectivity index (χ0n) is 20.7. The van der Waals surface area contributed by atoms with Crippen molar-refractivity contribution < 1.29 is 9.47 Å². The molecule has 1 heterocycles. The minimum atomic E-state index is 0. The van der Waals surface area contributed by atoms with Crippen LogP contribution in [0.2, 0.25) is 0 Å². The second-order valence-electron chi connectivity index (χ2n) is 8.87. The van der Waals surface area contributed by atoms with Gasteiger partial charge in [-0.15, -0.1) is 24.8 Å². The summed E-state index contributed by atoms with van der Waals surface area (Å²) in [6.07, 6.45) is 2.33. The fraction of sp³-hybridized carbons (Fsp3) is 0.379. The van der Waals surface area contributed by atoms with Crippen molar-refractivity contribution in [2.75, 3.05) is 19.7 Å². The molecule has 1 N–H and O–H groups in total. The first-order valence-corrected chi connectivity index (χ1v) is 12.1. The Bertz CT molecular complexity index is 991. The molecule has 0 atom stereocenters. The minimum absolute atomic E-state index is 0. The smallest absolute Gasteiger partial charge is 0.166 e. The van der Waals surface area contributed by atoms with E-state index in [1.165, 1.54) is 11.1 Å². The van der Waals surface area contributed by atoms with Crippen molar-refractivity contribution in [1.29, 1.82) is 0 Å². The van der Waals surface area contributed by atoms with Crippen LogP contribution in [0.4, 0.5) is 0 Å². The maximum absolute atomic E-state index is 6.30. The van der Waals surface area contributed by atoms with Crippen LogP contribution in [-0.4, -0.2) is 30.6 Å². The summed E-state index contributed by atoms with van der Waals surface area (Å²) >= 11 is 0. The van der Waals surface area contributed by atoms with E-state index in [0.29, 0.717) is 19.3 Å². The van der Waals surface area contributed by atoms with Crippen LogP contribution >= 0.6 is 24.8 Å². The number of aryl methyl sites for hydroxylation is 1. The number of nitrogens with zero attached hydrogens (tertiary/aromatic N) is 1. The molecular formula is C29H38Cl2N2O2. The van der Waals surface area contributed by atoms with Gasteiger partial charge in [0.25, 0.3) is 0 Å². The highest BCUT2D eigenvalue weighted by molar-refractivity contribution is 5.85. The number of piperidine rings is 1. The Morgan fingerprint density at radius 2 is 1.54 bits per heavy atom. The molecule has 3 aromatic carbocycles. The monoisotopic (exact) mass is 516 g/mol. The fourth-order valence-electron chi connectivity index (χ4n) is 4.36. The lowest BCUT2D eigenvalue weighted by molar-refractivity contribution is 0.189. The summed E-state index contributed by atoms with van der Waals surface area (Å²) in [5, 5.41) is 3.78. The Morgan fingerprint density at radius 3 is 2.23 bits per heavy atom. The van der Waals surface area contributed by atoms with Gasteiger partial charge in [0.05, 0.1) is 6.61 Å². The van der Waals surface area contributed by atoms with Crippen molar-refractivity contribution in [3.63, 3.8) is 0 Å². The molecule has 4 nitrogen and oxygen atoms in total. The lowest BCUT2D eigenvalue weighted by Crippen LogP contribution is -2.41. The molecule has 1 saturated heterocycles. The van der Waals surface area contributed by atoms with Gasteiger partial charge in [-0.3, -0.25) is 4.90 Å². The Kier molecular flexibility index (Phi) is 12.4. The SMILES string of the molecule is CCOc1cccc(CNC2CCN(Cc3ccccc3)CC2)c1OCc1ccc(C)cc1.Cl.Cl. The van der Waals surface area contributed by atoms with Crippen LogP contribution < -0.4 is 14.8 Å². The molecule has 1 aliphatic rings. The summed E-state index contributed by atoms with van der Waals surface area (Å²) in [5.41, 5.74) is 4.97. The number of hydrogen-bond acceptors (Lipinski definition) is 4. The molecule has 35 heavy (non-hydrogen) atoms. The Morgan fingerprint density at radius 1 is 0.829 bits per heavy atom. The molecule has 0 aliphatic carbocycles. The van der Waals surface area contributed by atoms with Gasteiger partial charge in [-0.2, -0.15) is 0 Å². The van der Waals surface area contributed by atoms with Crippen LogP contribution in [-0.2, 0) is 19.7 Å². The highest BCUT2D eigenvalue weighted by atomic mass is 35.5. The molecule has 0 unspecified atom stereocenters. The summed E-state index contributed by atoms with van der Waals surface area (Å²) in [7, 11) is 0. The molecule has 190 valence electrons. The standard InChI is InChI=1S/C29H36N2O2.2ClH/c1-3-32-28-11-7-10-26(29(28)33-22-25-14-12-23(2)13-15-25)20-30-27-16-18-31(19-17-27)21-24-8-5-4-6-9-24;;/h4-15,27,30H,3,16-22H2,1-2H3;2*1H. The van der Waals surface area contributed by atoms with Gasteiger partial charge in [0.2, 0.25) is 0 Å². The van der Waals surface area contributed by atoms with Crippen LogP contribution in [0.25, 0.3) is 0 Å². The van der Waals surface area contributed by atoms with Gasteiger partial charge in [-0.1, -0.05) is 72.3 Å². The number of likely N-dealkylation sites (tertiary alicyclic amines) is 1. The van der Waals surface area contributed by atoms with Crippen LogP contribution in [0, 0.1) is 6.92 Å². The van der Waals surface area contributed by atoms with E-state index in [1.807, 2.05) is 13.0 Å². The van der Waals surface area contributed by atoms with Crippen molar-refractivity contribution in [2.24, 2.45) is 0 Å².